The number of quaternary nitrogens is 1. The quantitative estimate of drug-likeness (QED) is 0.358. The van der Waals surface area contributed by atoms with Gasteiger partial charge in [0.1, 0.15) is 0 Å². The lowest BCUT2D eigenvalue weighted by molar-refractivity contribution is -0.870. The summed E-state index contributed by atoms with van der Waals surface area (Å²) in [5, 5.41) is 6.09. The van der Waals surface area contributed by atoms with Crippen LogP contribution in [0.4, 0.5) is 0 Å². The summed E-state index contributed by atoms with van der Waals surface area (Å²) >= 11 is 0. The van der Waals surface area contributed by atoms with Gasteiger partial charge < -0.3 is 33.7 Å². The van der Waals surface area contributed by atoms with Crippen molar-refractivity contribution in [2.75, 3.05) is 27.7 Å². The van der Waals surface area contributed by atoms with Gasteiger partial charge in [0.2, 0.25) is 5.08 Å². The zero-order valence-corrected chi connectivity index (χ0v) is 11.8. The van der Waals surface area contributed by atoms with E-state index in [1.807, 2.05) is 0 Å². The average molecular weight is 291 g/mol. The van der Waals surface area contributed by atoms with Crippen LogP contribution in [0, 0.1) is 0 Å². The first-order valence-corrected chi connectivity index (χ1v) is 8.02. The molecule has 0 aliphatic heterocycles. The topological polar surface area (TPSA) is 138 Å². The SMILES string of the molecule is C[N+](C)(C)CCCC(O)(P(=O)([O-])O)P(=O)(O)O. The summed E-state index contributed by atoms with van der Waals surface area (Å²) in [6.07, 6.45) is -0.679. The van der Waals surface area contributed by atoms with E-state index in [1.54, 1.807) is 21.1 Å². The molecule has 2 unspecified atom stereocenters. The standard InChI is InChI=1S/C7H19NO7P2/c1-8(2,3)6-4-5-7(9,16(10,11)12)17(13,14)15/h9H,4-6H2,1-3H3,(H3-,10,11,12,13,14,15). The molecule has 0 amide bonds. The summed E-state index contributed by atoms with van der Waals surface area (Å²) in [5.41, 5.74) is 0. The third-order valence-corrected chi connectivity index (χ3v) is 6.09. The van der Waals surface area contributed by atoms with Gasteiger partial charge in [-0.2, -0.15) is 0 Å². The third kappa shape index (κ3) is 4.77. The van der Waals surface area contributed by atoms with Gasteiger partial charge >= 0.3 is 7.60 Å². The Labute approximate surface area is 99.8 Å². The molecule has 0 aliphatic rings. The van der Waals surface area contributed by atoms with Crippen LogP contribution in [0.2, 0.25) is 0 Å². The molecule has 0 spiro atoms. The second-order valence-electron chi connectivity index (χ2n) is 4.96. The molecule has 0 fully saturated rings. The maximum absolute atomic E-state index is 11.0. The highest BCUT2D eigenvalue weighted by molar-refractivity contribution is 7.71. The molecule has 0 saturated carbocycles. The Bertz CT molecular complexity index is 330. The highest BCUT2D eigenvalue weighted by Crippen LogP contribution is 2.67. The van der Waals surface area contributed by atoms with E-state index in [4.69, 9.17) is 14.7 Å². The third-order valence-electron chi connectivity index (χ3n) is 2.26. The summed E-state index contributed by atoms with van der Waals surface area (Å²) in [7, 11) is -5.53. The molecule has 0 aromatic rings. The van der Waals surface area contributed by atoms with Crippen LogP contribution in [0.5, 0.6) is 0 Å². The average Bonchev–Trinajstić information content (AvgIpc) is 1.96. The normalized spacial score (nSPS) is 20.7. The smallest absolute Gasteiger partial charge is 0.365 e. The number of rotatable bonds is 6. The Hall–Kier alpha value is 0.220. The van der Waals surface area contributed by atoms with Gasteiger partial charge in [-0.25, -0.2) is 0 Å². The fourth-order valence-corrected chi connectivity index (χ4v) is 3.45. The predicted octanol–water partition coefficient (Wildman–Crippen LogP) is -1.16. The summed E-state index contributed by atoms with van der Waals surface area (Å²) in [5.74, 6) is 0. The van der Waals surface area contributed by atoms with Gasteiger partial charge in [0, 0.05) is 12.8 Å². The van der Waals surface area contributed by atoms with E-state index in [0.29, 0.717) is 11.0 Å². The van der Waals surface area contributed by atoms with E-state index in [9.17, 15) is 19.1 Å². The minimum Gasteiger partial charge on any atom is -0.776 e. The molecule has 0 radical (unpaired) electrons. The van der Waals surface area contributed by atoms with Crippen molar-refractivity contribution in [3.63, 3.8) is 0 Å². The number of hydrogen-bond acceptors (Lipinski definition) is 4. The van der Waals surface area contributed by atoms with Crippen LogP contribution < -0.4 is 4.89 Å². The zero-order chi connectivity index (χ0) is 14.1. The molecule has 0 aliphatic carbocycles. The molecule has 17 heavy (non-hydrogen) atoms. The van der Waals surface area contributed by atoms with Crippen molar-refractivity contribution >= 4 is 15.2 Å². The molecule has 2 atom stereocenters. The predicted molar refractivity (Wildman–Crippen MR) is 59.0 cm³/mol. The minimum absolute atomic E-state index is 0.0396. The summed E-state index contributed by atoms with van der Waals surface area (Å²) < 4.78 is 22.3. The van der Waals surface area contributed by atoms with E-state index in [2.05, 4.69) is 0 Å². The van der Waals surface area contributed by atoms with Gasteiger partial charge in [-0.3, -0.25) is 4.57 Å². The Kier molecular flexibility index (Phi) is 5.14. The van der Waals surface area contributed by atoms with E-state index >= 15 is 0 Å². The van der Waals surface area contributed by atoms with Gasteiger partial charge in [0.05, 0.1) is 27.7 Å². The Balaban J connectivity index is 4.90. The van der Waals surface area contributed by atoms with Gasteiger partial charge in [0.25, 0.3) is 0 Å². The lowest BCUT2D eigenvalue weighted by Gasteiger charge is -2.36. The Morgan fingerprint density at radius 3 is 1.82 bits per heavy atom. The van der Waals surface area contributed by atoms with Crippen molar-refractivity contribution in [2.45, 2.75) is 17.9 Å². The van der Waals surface area contributed by atoms with Crippen molar-refractivity contribution in [3.05, 3.63) is 0 Å². The highest BCUT2D eigenvalue weighted by Gasteiger charge is 2.53. The number of nitrogens with zero attached hydrogens (tertiary/aromatic N) is 1. The van der Waals surface area contributed by atoms with Gasteiger partial charge in [-0.1, -0.05) is 0 Å². The van der Waals surface area contributed by atoms with Crippen LogP contribution in [0.3, 0.4) is 0 Å². The van der Waals surface area contributed by atoms with Crippen molar-refractivity contribution in [3.8, 4) is 0 Å². The first-order valence-electron chi connectivity index (χ1n) is 4.83. The molecule has 0 heterocycles. The monoisotopic (exact) mass is 291 g/mol. The van der Waals surface area contributed by atoms with Gasteiger partial charge in [0.15, 0.2) is 7.60 Å². The zero-order valence-electron chi connectivity index (χ0n) is 9.98. The van der Waals surface area contributed by atoms with E-state index in [0.717, 1.165) is 0 Å². The van der Waals surface area contributed by atoms with Crippen LogP contribution in [0.25, 0.3) is 0 Å². The first kappa shape index (κ1) is 17.2. The second-order valence-corrected chi connectivity index (χ2v) is 8.92. The van der Waals surface area contributed by atoms with Crippen molar-refractivity contribution in [1.29, 1.82) is 0 Å². The maximum atomic E-state index is 11.0. The summed E-state index contributed by atoms with van der Waals surface area (Å²) in [4.78, 5) is 37.3. The maximum Gasteiger partial charge on any atom is 0.365 e. The van der Waals surface area contributed by atoms with Crippen molar-refractivity contribution in [1.82, 2.24) is 0 Å². The number of aliphatic hydroxyl groups is 1. The fraction of sp³-hybridized carbons (Fsp3) is 1.00. The van der Waals surface area contributed by atoms with Crippen LogP contribution >= 0.6 is 15.2 Å². The van der Waals surface area contributed by atoms with Crippen LogP contribution in [0.1, 0.15) is 12.8 Å². The van der Waals surface area contributed by atoms with E-state index < -0.39 is 26.7 Å². The Morgan fingerprint density at radius 2 is 1.59 bits per heavy atom. The lowest BCUT2D eigenvalue weighted by Crippen LogP contribution is -2.38. The summed E-state index contributed by atoms with van der Waals surface area (Å²) in [6, 6.07) is 0. The molecular formula is C7H19NO7P2. The Morgan fingerprint density at radius 1 is 1.18 bits per heavy atom. The lowest BCUT2D eigenvalue weighted by atomic mass is 10.3. The number of hydrogen-bond donors (Lipinski definition) is 4. The van der Waals surface area contributed by atoms with Crippen molar-refractivity contribution in [2.24, 2.45) is 0 Å². The molecule has 0 aromatic carbocycles. The molecule has 0 rings (SSSR count). The molecule has 0 bridgehead atoms. The molecule has 0 saturated heterocycles. The first-order chi connectivity index (χ1) is 7.21. The van der Waals surface area contributed by atoms with E-state index in [-0.39, 0.29) is 6.42 Å². The molecule has 0 aromatic heterocycles. The minimum atomic E-state index is -5.56. The fourth-order valence-electron chi connectivity index (χ4n) is 1.24. The highest BCUT2D eigenvalue weighted by atomic mass is 31.2. The van der Waals surface area contributed by atoms with Gasteiger partial charge in [-0.05, 0) is 0 Å². The van der Waals surface area contributed by atoms with Crippen LogP contribution in [-0.4, -0.2) is 57.0 Å². The molecule has 8 nitrogen and oxygen atoms in total. The molecular weight excluding hydrogens is 272 g/mol. The molecule has 10 heteroatoms. The van der Waals surface area contributed by atoms with E-state index in [1.165, 1.54) is 0 Å². The van der Waals surface area contributed by atoms with Crippen LogP contribution in [-0.2, 0) is 9.13 Å². The van der Waals surface area contributed by atoms with Crippen molar-refractivity contribution < 1.29 is 38.3 Å². The van der Waals surface area contributed by atoms with Gasteiger partial charge in [-0.15, -0.1) is 0 Å². The van der Waals surface area contributed by atoms with Crippen LogP contribution in [0.15, 0.2) is 0 Å². The molecule has 104 valence electrons. The second kappa shape index (κ2) is 5.07. The largest absolute Gasteiger partial charge is 0.776 e. The molecule has 4 N–H and O–H groups in total. The summed E-state index contributed by atoms with van der Waals surface area (Å²) in [6.45, 7) is 0.391.